The van der Waals surface area contributed by atoms with Gasteiger partial charge >= 0.3 is 5.97 Å². The fraction of sp³-hybridized carbons (Fsp3) is 0.200. The number of phenolic OH excluding ortho intramolecular Hbond substituents is 1. The number of aryl methyl sites for hydroxylation is 1. The molecule has 5 heteroatoms. The zero-order valence-electron chi connectivity index (χ0n) is 8.27. The molecule has 0 aliphatic rings. The number of hydrogen-bond donors (Lipinski definition) is 2. The van der Waals surface area contributed by atoms with Gasteiger partial charge in [-0.3, -0.25) is 4.79 Å². The molecule has 1 aromatic carbocycles. The van der Waals surface area contributed by atoms with E-state index in [-0.39, 0.29) is 17.1 Å². The van der Waals surface area contributed by atoms with Crippen molar-refractivity contribution >= 4 is 11.8 Å². The molecule has 0 atom stereocenters. The Kier molecular flexibility index (Phi) is 2.94. The van der Waals surface area contributed by atoms with Crippen molar-refractivity contribution in [2.45, 2.75) is 6.92 Å². The second-order valence-electron chi connectivity index (χ2n) is 2.94. The lowest BCUT2D eigenvalue weighted by molar-refractivity contribution is -0.131. The molecule has 0 bridgehead atoms. The summed E-state index contributed by atoms with van der Waals surface area (Å²) in [5, 5.41) is 18.0. The van der Waals surface area contributed by atoms with E-state index in [4.69, 9.17) is 9.84 Å². The Morgan fingerprint density at radius 3 is 2.40 bits per heavy atom. The van der Waals surface area contributed by atoms with Crippen molar-refractivity contribution in [2.24, 2.45) is 0 Å². The number of benzene rings is 1. The number of phenols is 1. The average molecular weight is 210 g/mol. The van der Waals surface area contributed by atoms with Crippen LogP contribution in [-0.2, 0) is 4.79 Å². The number of ether oxygens (including phenoxy) is 1. The monoisotopic (exact) mass is 210 g/mol. The first-order valence-corrected chi connectivity index (χ1v) is 4.13. The number of aromatic hydroxyl groups is 1. The van der Waals surface area contributed by atoms with Gasteiger partial charge in [0.1, 0.15) is 0 Å². The molecule has 2 N–H and O–H groups in total. The van der Waals surface area contributed by atoms with E-state index in [9.17, 15) is 14.7 Å². The van der Waals surface area contributed by atoms with Crippen molar-refractivity contribution in [2.75, 3.05) is 7.11 Å². The average Bonchev–Trinajstić information content (AvgIpc) is 2.19. The Labute approximate surface area is 85.9 Å². The molecule has 80 valence electrons. The minimum absolute atomic E-state index is 0.109. The van der Waals surface area contributed by atoms with Crippen LogP contribution in [0.5, 0.6) is 11.5 Å². The maximum Gasteiger partial charge on any atom is 0.377 e. The summed E-state index contributed by atoms with van der Waals surface area (Å²) in [4.78, 5) is 21.9. The Morgan fingerprint density at radius 2 is 1.93 bits per heavy atom. The smallest absolute Gasteiger partial charge is 0.377 e. The first-order valence-electron chi connectivity index (χ1n) is 4.13. The third kappa shape index (κ3) is 1.90. The predicted octanol–water partition coefficient (Wildman–Crippen LogP) is 0.977. The fourth-order valence-corrected chi connectivity index (χ4v) is 1.27. The molecular formula is C10H10O5. The number of carboxylic acid groups (broad SMARTS) is 1. The molecule has 0 unspecified atom stereocenters. The maximum absolute atomic E-state index is 11.3. The normalized spacial score (nSPS) is 9.73. The molecule has 0 fully saturated rings. The SMILES string of the molecule is COc1c(O)ccc(C)c1C(=O)C(=O)O. The summed E-state index contributed by atoms with van der Waals surface area (Å²) >= 11 is 0. The van der Waals surface area contributed by atoms with E-state index < -0.39 is 11.8 Å². The molecule has 1 rings (SSSR count). The standard InChI is InChI=1S/C10H10O5/c1-5-3-4-6(11)9(15-2)7(5)8(12)10(13)14/h3-4,11H,1-2H3,(H,13,14). The summed E-state index contributed by atoms with van der Waals surface area (Å²) in [6, 6.07) is 2.79. The minimum atomic E-state index is -1.58. The van der Waals surface area contributed by atoms with Crippen molar-refractivity contribution in [3.05, 3.63) is 23.3 Å². The van der Waals surface area contributed by atoms with Gasteiger partial charge in [-0.1, -0.05) is 6.07 Å². The maximum atomic E-state index is 11.3. The number of aliphatic carboxylic acids is 1. The van der Waals surface area contributed by atoms with Gasteiger partial charge in [-0.25, -0.2) is 4.79 Å². The highest BCUT2D eigenvalue weighted by molar-refractivity contribution is 6.41. The summed E-state index contributed by atoms with van der Waals surface area (Å²) < 4.78 is 4.79. The molecule has 0 aliphatic heterocycles. The second-order valence-corrected chi connectivity index (χ2v) is 2.94. The van der Waals surface area contributed by atoms with Crippen LogP contribution in [0.15, 0.2) is 12.1 Å². The summed E-state index contributed by atoms with van der Waals surface area (Å²) in [5.74, 6) is -3.04. The van der Waals surface area contributed by atoms with Crippen LogP contribution in [0, 0.1) is 6.92 Å². The minimum Gasteiger partial charge on any atom is -0.504 e. The van der Waals surface area contributed by atoms with Crippen LogP contribution in [0.25, 0.3) is 0 Å². The van der Waals surface area contributed by atoms with E-state index in [2.05, 4.69) is 0 Å². The van der Waals surface area contributed by atoms with E-state index in [1.165, 1.54) is 19.2 Å². The van der Waals surface area contributed by atoms with Gasteiger partial charge in [-0.2, -0.15) is 0 Å². The van der Waals surface area contributed by atoms with Gasteiger partial charge < -0.3 is 14.9 Å². The Balaban J connectivity index is 3.44. The number of Topliss-reactive ketones (excluding diaryl/α,β-unsaturated/α-hetero) is 1. The zero-order chi connectivity index (χ0) is 11.6. The van der Waals surface area contributed by atoms with Crippen LogP contribution in [-0.4, -0.2) is 29.1 Å². The lowest BCUT2D eigenvalue weighted by Crippen LogP contribution is -2.15. The third-order valence-corrected chi connectivity index (χ3v) is 1.97. The second kappa shape index (κ2) is 4.00. The lowest BCUT2D eigenvalue weighted by atomic mass is 10.0. The molecule has 15 heavy (non-hydrogen) atoms. The van der Waals surface area contributed by atoms with Crippen LogP contribution in [0.4, 0.5) is 0 Å². The van der Waals surface area contributed by atoms with Crippen LogP contribution < -0.4 is 4.74 Å². The summed E-state index contributed by atoms with van der Waals surface area (Å²) in [5.41, 5.74) is 0.321. The fourth-order valence-electron chi connectivity index (χ4n) is 1.27. The molecule has 0 amide bonds. The van der Waals surface area contributed by atoms with Crippen molar-refractivity contribution in [1.29, 1.82) is 0 Å². The topological polar surface area (TPSA) is 83.8 Å². The molecular weight excluding hydrogens is 200 g/mol. The highest BCUT2D eigenvalue weighted by atomic mass is 16.5. The van der Waals surface area contributed by atoms with E-state index in [1.807, 2.05) is 0 Å². The molecule has 0 saturated heterocycles. The summed E-state index contributed by atoms with van der Waals surface area (Å²) in [6.07, 6.45) is 0. The van der Waals surface area contributed by atoms with Crippen molar-refractivity contribution in [3.63, 3.8) is 0 Å². The number of ketones is 1. The van der Waals surface area contributed by atoms with E-state index in [0.717, 1.165) is 0 Å². The Bertz CT molecular complexity index is 422. The highest BCUT2D eigenvalue weighted by Crippen LogP contribution is 2.32. The van der Waals surface area contributed by atoms with Crippen LogP contribution >= 0.6 is 0 Å². The van der Waals surface area contributed by atoms with Crippen LogP contribution in [0.3, 0.4) is 0 Å². The van der Waals surface area contributed by atoms with Gasteiger partial charge in [-0.05, 0) is 18.6 Å². The van der Waals surface area contributed by atoms with Gasteiger partial charge in [0.15, 0.2) is 11.5 Å². The van der Waals surface area contributed by atoms with Crippen LogP contribution in [0.1, 0.15) is 15.9 Å². The van der Waals surface area contributed by atoms with E-state index in [1.54, 1.807) is 6.92 Å². The number of carboxylic acids is 1. The third-order valence-electron chi connectivity index (χ3n) is 1.97. The Hall–Kier alpha value is -2.04. The first-order chi connectivity index (χ1) is 6.99. The zero-order valence-corrected chi connectivity index (χ0v) is 8.27. The number of rotatable bonds is 3. The quantitative estimate of drug-likeness (QED) is 0.573. The van der Waals surface area contributed by atoms with Gasteiger partial charge in [0.2, 0.25) is 0 Å². The molecule has 0 spiro atoms. The summed E-state index contributed by atoms with van der Waals surface area (Å²) in [7, 11) is 1.26. The highest BCUT2D eigenvalue weighted by Gasteiger charge is 2.23. The summed E-state index contributed by atoms with van der Waals surface area (Å²) in [6.45, 7) is 1.57. The van der Waals surface area contributed by atoms with E-state index in [0.29, 0.717) is 5.56 Å². The molecule has 0 saturated carbocycles. The molecule has 0 heterocycles. The van der Waals surface area contributed by atoms with E-state index >= 15 is 0 Å². The molecule has 0 aliphatic carbocycles. The first kappa shape index (κ1) is 11.0. The van der Waals surface area contributed by atoms with Crippen molar-refractivity contribution in [1.82, 2.24) is 0 Å². The number of carbonyl (C=O) groups excluding carboxylic acids is 1. The van der Waals surface area contributed by atoms with Gasteiger partial charge in [-0.15, -0.1) is 0 Å². The van der Waals surface area contributed by atoms with Gasteiger partial charge in [0, 0.05) is 0 Å². The van der Waals surface area contributed by atoms with Crippen molar-refractivity contribution < 1.29 is 24.5 Å². The van der Waals surface area contributed by atoms with Gasteiger partial charge in [0.05, 0.1) is 12.7 Å². The molecule has 0 aromatic heterocycles. The Morgan fingerprint density at radius 1 is 1.33 bits per heavy atom. The number of carbonyl (C=O) groups is 2. The predicted molar refractivity (Wildman–Crippen MR) is 51.4 cm³/mol. The van der Waals surface area contributed by atoms with Gasteiger partial charge in [0.25, 0.3) is 5.78 Å². The van der Waals surface area contributed by atoms with Crippen molar-refractivity contribution in [3.8, 4) is 11.5 Å². The lowest BCUT2D eigenvalue weighted by Gasteiger charge is -2.10. The van der Waals surface area contributed by atoms with Crippen LogP contribution in [0.2, 0.25) is 0 Å². The molecule has 1 aromatic rings. The largest absolute Gasteiger partial charge is 0.504 e. The number of methoxy groups -OCH3 is 1. The number of hydrogen-bond acceptors (Lipinski definition) is 4. The molecule has 0 radical (unpaired) electrons. The molecule has 5 nitrogen and oxygen atoms in total.